The molecule has 1 N–H and O–H groups in total. The summed E-state index contributed by atoms with van der Waals surface area (Å²) >= 11 is 0. The van der Waals surface area contributed by atoms with Gasteiger partial charge < -0.3 is 19.0 Å². The highest BCUT2D eigenvalue weighted by Crippen LogP contribution is 2.40. The minimum atomic E-state index is -3.82. The second kappa shape index (κ2) is 7.30. The number of nitrogens with one attached hydrogen (secondary N) is 1. The summed E-state index contributed by atoms with van der Waals surface area (Å²) < 4.78 is 53.1. The lowest BCUT2D eigenvalue weighted by Gasteiger charge is -2.24. The molecular weight excluding hydrogens is 365 g/mol. The molecule has 1 unspecified atom stereocenters. The Morgan fingerprint density at radius 3 is 2.65 bits per heavy atom. The molecule has 1 aromatic carbocycles. The van der Waals surface area contributed by atoms with E-state index in [1.165, 1.54) is 13.0 Å². The minimum absolute atomic E-state index is 0.172. The fourth-order valence-electron chi connectivity index (χ4n) is 2.44. The molecule has 0 bridgehead atoms. The number of alkyl carbamates (subject to hydrolysis) is 1. The fourth-order valence-corrected chi connectivity index (χ4v) is 2.96. The first-order chi connectivity index (χ1) is 11.9. The van der Waals surface area contributed by atoms with E-state index in [1.807, 2.05) is 0 Å². The average molecular weight is 389 g/mol. The van der Waals surface area contributed by atoms with Crippen LogP contribution in [0.15, 0.2) is 12.1 Å². The van der Waals surface area contributed by atoms with Gasteiger partial charge in [0.25, 0.3) is 0 Å². The van der Waals surface area contributed by atoms with Gasteiger partial charge in [-0.05, 0) is 40.7 Å². The molecule has 2 atom stereocenters. The van der Waals surface area contributed by atoms with Crippen molar-refractivity contribution in [3.05, 3.63) is 23.5 Å². The smallest absolute Gasteiger partial charge is 0.407 e. The molecule has 2 rings (SSSR count). The Kier molecular flexibility index (Phi) is 5.70. The van der Waals surface area contributed by atoms with Crippen molar-refractivity contribution in [2.45, 2.75) is 58.8 Å². The van der Waals surface area contributed by atoms with Crippen molar-refractivity contribution in [1.82, 2.24) is 5.32 Å². The lowest BCUT2D eigenvalue weighted by molar-refractivity contribution is 0.0466. The van der Waals surface area contributed by atoms with Crippen molar-refractivity contribution in [3.63, 3.8) is 0 Å². The minimum Gasteiger partial charge on any atom is -0.484 e. The molecule has 1 amide bonds. The van der Waals surface area contributed by atoms with Crippen molar-refractivity contribution in [2.24, 2.45) is 0 Å². The molecule has 0 saturated heterocycles. The largest absolute Gasteiger partial charge is 0.484 e. The summed E-state index contributed by atoms with van der Waals surface area (Å²) in [5.41, 5.74) is -0.156. The van der Waals surface area contributed by atoms with Crippen LogP contribution in [-0.2, 0) is 21.3 Å². The van der Waals surface area contributed by atoms with Gasteiger partial charge in [-0.15, -0.1) is 0 Å². The number of halogens is 1. The van der Waals surface area contributed by atoms with Gasteiger partial charge in [0.1, 0.15) is 17.5 Å². The quantitative estimate of drug-likeness (QED) is 0.779. The highest BCUT2D eigenvalue weighted by molar-refractivity contribution is 7.87. The van der Waals surface area contributed by atoms with Crippen LogP contribution in [0.5, 0.6) is 11.5 Å². The summed E-state index contributed by atoms with van der Waals surface area (Å²) in [5.74, 6) is -0.889. The summed E-state index contributed by atoms with van der Waals surface area (Å²) in [4.78, 5) is 11.9. The van der Waals surface area contributed by atoms with Crippen molar-refractivity contribution >= 4 is 16.2 Å². The van der Waals surface area contributed by atoms with Gasteiger partial charge in [0.05, 0.1) is 11.8 Å². The third-order valence-electron chi connectivity index (χ3n) is 3.66. The molecule has 0 fully saturated rings. The number of ether oxygens (including phenoxy) is 2. The Labute approximate surface area is 152 Å². The number of benzene rings is 1. The zero-order valence-corrected chi connectivity index (χ0v) is 16.3. The van der Waals surface area contributed by atoms with Crippen molar-refractivity contribution < 1.29 is 31.3 Å². The summed E-state index contributed by atoms with van der Waals surface area (Å²) in [7, 11) is -3.82. The average Bonchev–Trinajstić information content (AvgIpc) is 2.88. The van der Waals surface area contributed by atoms with Gasteiger partial charge in [0, 0.05) is 18.1 Å². The van der Waals surface area contributed by atoms with Gasteiger partial charge in [-0.25, -0.2) is 9.18 Å². The van der Waals surface area contributed by atoms with Crippen molar-refractivity contribution in [1.29, 1.82) is 0 Å². The monoisotopic (exact) mass is 389 g/mol. The van der Waals surface area contributed by atoms with Crippen LogP contribution in [0.1, 0.15) is 40.2 Å². The van der Waals surface area contributed by atoms with Crippen LogP contribution in [0.2, 0.25) is 0 Å². The predicted octanol–water partition coefficient (Wildman–Crippen LogP) is 2.77. The predicted molar refractivity (Wildman–Crippen MR) is 93.4 cm³/mol. The van der Waals surface area contributed by atoms with Crippen LogP contribution in [0, 0.1) is 5.82 Å². The number of rotatable bonds is 5. The third-order valence-corrected chi connectivity index (χ3v) is 4.80. The SMILES string of the molecule is CCS(=O)(=O)Oc1cc(F)cc2c1OC([C@@H](C)NC(=O)OC(C)(C)C)C2. The second-order valence-electron chi connectivity index (χ2n) is 7.12. The molecule has 1 aliphatic rings. The van der Waals surface area contributed by atoms with E-state index in [0.717, 1.165) is 6.07 Å². The molecule has 9 heteroatoms. The first-order valence-electron chi connectivity index (χ1n) is 8.31. The highest BCUT2D eigenvalue weighted by atomic mass is 32.2. The van der Waals surface area contributed by atoms with Gasteiger partial charge in [0.15, 0.2) is 11.5 Å². The normalized spacial score (nSPS) is 17.8. The maximum atomic E-state index is 13.8. The first-order valence-corrected chi connectivity index (χ1v) is 9.88. The van der Waals surface area contributed by atoms with Crippen molar-refractivity contribution in [3.8, 4) is 11.5 Å². The topological polar surface area (TPSA) is 90.9 Å². The summed E-state index contributed by atoms with van der Waals surface area (Å²) in [5, 5.41) is 2.67. The Bertz CT molecular complexity index is 787. The van der Waals surface area contributed by atoms with Gasteiger partial charge >= 0.3 is 16.2 Å². The number of fused-ring (bicyclic) bond motifs is 1. The summed E-state index contributed by atoms with van der Waals surface area (Å²) in [6.07, 6.45) is -0.807. The van der Waals surface area contributed by atoms with Crippen LogP contribution >= 0.6 is 0 Å². The number of hydrogen-bond donors (Lipinski definition) is 1. The maximum Gasteiger partial charge on any atom is 0.407 e. The van der Waals surface area contributed by atoms with E-state index < -0.39 is 39.8 Å². The van der Waals surface area contributed by atoms with Crippen LogP contribution in [-0.4, -0.2) is 38.0 Å². The standard InChI is InChI=1S/C17H24FNO6S/c1-6-26(21,22)25-14-9-12(18)7-11-8-13(23-15(11)14)10(2)19-16(20)24-17(3,4)5/h7,9-10,13H,6,8H2,1-5H3,(H,19,20)/t10-,13?/m1/s1. The summed E-state index contributed by atoms with van der Waals surface area (Å²) in [6.45, 7) is 8.39. The third kappa shape index (κ3) is 5.23. The Balaban J connectivity index is 2.14. The van der Waals surface area contributed by atoms with Crippen molar-refractivity contribution in [2.75, 3.05) is 5.75 Å². The summed E-state index contributed by atoms with van der Waals surface area (Å²) in [6, 6.07) is 1.79. The van der Waals surface area contributed by atoms with E-state index in [0.29, 0.717) is 12.0 Å². The Morgan fingerprint density at radius 2 is 2.08 bits per heavy atom. The van der Waals surface area contributed by atoms with E-state index in [4.69, 9.17) is 13.7 Å². The number of amides is 1. The number of hydrogen-bond acceptors (Lipinski definition) is 6. The molecule has 0 spiro atoms. The molecule has 26 heavy (non-hydrogen) atoms. The molecule has 0 saturated carbocycles. The van der Waals surface area contributed by atoms with Crippen LogP contribution < -0.4 is 14.2 Å². The second-order valence-corrected chi connectivity index (χ2v) is 8.98. The first kappa shape index (κ1) is 20.3. The van der Waals surface area contributed by atoms with Gasteiger partial charge in [-0.3, -0.25) is 0 Å². The maximum absolute atomic E-state index is 13.8. The van der Waals surface area contributed by atoms with E-state index in [9.17, 15) is 17.6 Å². The Hall–Kier alpha value is -2.03. The molecule has 1 heterocycles. The molecule has 0 radical (unpaired) electrons. The molecule has 0 aromatic heterocycles. The molecule has 7 nitrogen and oxygen atoms in total. The number of carbonyl (C=O) groups excluding carboxylic acids is 1. The highest BCUT2D eigenvalue weighted by Gasteiger charge is 2.33. The van der Waals surface area contributed by atoms with Crippen LogP contribution in [0.4, 0.5) is 9.18 Å². The molecule has 1 aliphatic heterocycles. The van der Waals surface area contributed by atoms with Gasteiger partial charge in [-0.2, -0.15) is 8.42 Å². The zero-order chi connectivity index (χ0) is 19.7. The molecule has 146 valence electrons. The van der Waals surface area contributed by atoms with E-state index >= 15 is 0 Å². The molecular formula is C17H24FNO6S. The van der Waals surface area contributed by atoms with Gasteiger partial charge in [-0.1, -0.05) is 0 Å². The molecule has 0 aliphatic carbocycles. The zero-order valence-electron chi connectivity index (χ0n) is 15.5. The molecule has 1 aromatic rings. The van der Waals surface area contributed by atoms with Gasteiger partial charge in [0.2, 0.25) is 0 Å². The Morgan fingerprint density at radius 1 is 1.42 bits per heavy atom. The van der Waals surface area contributed by atoms with E-state index in [-0.39, 0.29) is 17.3 Å². The fraction of sp³-hybridized carbons (Fsp3) is 0.588. The van der Waals surface area contributed by atoms with Crippen LogP contribution in [0.3, 0.4) is 0 Å². The lowest BCUT2D eigenvalue weighted by atomic mass is 10.1. The van der Waals surface area contributed by atoms with E-state index in [1.54, 1.807) is 27.7 Å². The van der Waals surface area contributed by atoms with Crippen LogP contribution in [0.25, 0.3) is 0 Å². The lowest BCUT2D eigenvalue weighted by Crippen LogP contribution is -2.45. The number of carbonyl (C=O) groups is 1. The van der Waals surface area contributed by atoms with E-state index in [2.05, 4.69) is 5.32 Å².